The summed E-state index contributed by atoms with van der Waals surface area (Å²) in [5.74, 6) is 1.79. The van der Waals surface area contributed by atoms with Crippen molar-refractivity contribution in [1.29, 1.82) is 0 Å². The molecule has 0 spiro atoms. The van der Waals surface area contributed by atoms with Gasteiger partial charge in [0.05, 0.1) is 5.69 Å². The molecule has 0 aliphatic rings. The van der Waals surface area contributed by atoms with Gasteiger partial charge in [-0.1, -0.05) is 0 Å². The maximum absolute atomic E-state index is 4.32. The zero-order valence-corrected chi connectivity index (χ0v) is 10.1. The highest BCUT2D eigenvalue weighted by Gasteiger charge is 2.00. The molecule has 2 heterocycles. The molecule has 2 aromatic rings. The van der Waals surface area contributed by atoms with Crippen LogP contribution >= 0.6 is 0 Å². The van der Waals surface area contributed by atoms with Gasteiger partial charge in [0.2, 0.25) is 0 Å². The molecule has 0 atom stereocenters. The van der Waals surface area contributed by atoms with Gasteiger partial charge in [-0.25, -0.2) is 9.97 Å². The van der Waals surface area contributed by atoms with E-state index in [1.807, 2.05) is 24.6 Å². The van der Waals surface area contributed by atoms with Crippen LogP contribution < -0.4 is 5.32 Å². The summed E-state index contributed by atoms with van der Waals surface area (Å²) < 4.78 is 1.93. The van der Waals surface area contributed by atoms with Crippen molar-refractivity contribution in [3.63, 3.8) is 0 Å². The van der Waals surface area contributed by atoms with Crippen LogP contribution in [0.3, 0.4) is 0 Å². The highest BCUT2D eigenvalue weighted by Crippen LogP contribution is 1.95. The van der Waals surface area contributed by atoms with Crippen molar-refractivity contribution in [3.8, 4) is 0 Å². The summed E-state index contributed by atoms with van der Waals surface area (Å²) in [6, 6.07) is 1.92. The Bertz CT molecular complexity index is 478. The molecule has 17 heavy (non-hydrogen) atoms. The first-order valence-corrected chi connectivity index (χ1v) is 5.58. The minimum Gasteiger partial charge on any atom is -0.321 e. The van der Waals surface area contributed by atoms with Crippen molar-refractivity contribution in [2.75, 3.05) is 6.54 Å². The van der Waals surface area contributed by atoms with Gasteiger partial charge in [0, 0.05) is 32.8 Å². The van der Waals surface area contributed by atoms with Crippen molar-refractivity contribution >= 4 is 0 Å². The highest BCUT2D eigenvalue weighted by atomic mass is 15.2. The second-order valence-corrected chi connectivity index (χ2v) is 3.88. The minimum absolute atomic E-state index is 0.751. The molecule has 2 aromatic heterocycles. The Morgan fingerprint density at radius 3 is 3.00 bits per heavy atom. The minimum atomic E-state index is 0.751. The van der Waals surface area contributed by atoms with Crippen LogP contribution in [0.15, 0.2) is 18.6 Å². The predicted molar refractivity (Wildman–Crippen MR) is 63.2 cm³/mol. The van der Waals surface area contributed by atoms with E-state index in [-0.39, 0.29) is 0 Å². The summed E-state index contributed by atoms with van der Waals surface area (Å²) in [4.78, 5) is 8.38. The van der Waals surface area contributed by atoms with E-state index in [4.69, 9.17) is 0 Å². The van der Waals surface area contributed by atoms with Crippen LogP contribution in [0.5, 0.6) is 0 Å². The van der Waals surface area contributed by atoms with Gasteiger partial charge in [-0.3, -0.25) is 0 Å². The predicted octanol–water partition coefficient (Wildman–Crippen LogP) is 0.246. The Balaban J connectivity index is 1.75. The average molecular weight is 232 g/mol. The molecule has 0 radical (unpaired) electrons. The molecule has 0 aromatic carbocycles. The largest absolute Gasteiger partial charge is 0.321 e. The zero-order valence-electron chi connectivity index (χ0n) is 10.1. The molecule has 0 aliphatic carbocycles. The summed E-state index contributed by atoms with van der Waals surface area (Å²) in [5, 5.41) is 11.2. The highest BCUT2D eigenvalue weighted by molar-refractivity contribution is 5.01. The summed E-state index contributed by atoms with van der Waals surface area (Å²) in [5.41, 5.74) is 1.01. The first-order chi connectivity index (χ1) is 8.25. The number of nitrogens with zero attached hydrogens (tertiary/aromatic N) is 5. The lowest BCUT2D eigenvalue weighted by Crippen LogP contribution is -2.19. The monoisotopic (exact) mass is 232 g/mol. The molecule has 0 aliphatic heterocycles. The van der Waals surface area contributed by atoms with Gasteiger partial charge in [0.15, 0.2) is 0 Å². The number of hydrogen-bond donors (Lipinski definition) is 1. The van der Waals surface area contributed by atoms with Gasteiger partial charge in [0.1, 0.15) is 18.0 Å². The van der Waals surface area contributed by atoms with Gasteiger partial charge in [-0.2, -0.15) is 0 Å². The Labute approximate surface area is 100 Å². The van der Waals surface area contributed by atoms with Gasteiger partial charge < -0.3 is 9.88 Å². The molecular weight excluding hydrogens is 216 g/mol. The average Bonchev–Trinajstić information content (AvgIpc) is 2.71. The van der Waals surface area contributed by atoms with E-state index < -0.39 is 0 Å². The van der Waals surface area contributed by atoms with Gasteiger partial charge >= 0.3 is 0 Å². The Morgan fingerprint density at radius 2 is 2.29 bits per heavy atom. The first kappa shape index (κ1) is 11.7. The fraction of sp³-hybridized carbons (Fsp3) is 0.455. The molecule has 1 N–H and O–H groups in total. The van der Waals surface area contributed by atoms with E-state index in [0.717, 1.165) is 36.9 Å². The zero-order chi connectivity index (χ0) is 12.1. The molecule has 0 fully saturated rings. The third-order valence-corrected chi connectivity index (χ3v) is 2.47. The molecule has 6 nitrogen and oxygen atoms in total. The van der Waals surface area contributed by atoms with Crippen molar-refractivity contribution in [1.82, 2.24) is 30.0 Å². The summed E-state index contributed by atoms with van der Waals surface area (Å²) in [6.45, 7) is 3.50. The van der Waals surface area contributed by atoms with E-state index >= 15 is 0 Å². The van der Waals surface area contributed by atoms with Crippen LogP contribution in [0.4, 0.5) is 0 Å². The molecule has 2 rings (SSSR count). The Kier molecular flexibility index (Phi) is 3.77. The van der Waals surface area contributed by atoms with Crippen LogP contribution in [-0.4, -0.2) is 31.3 Å². The van der Waals surface area contributed by atoms with E-state index in [1.165, 1.54) is 0 Å². The van der Waals surface area contributed by atoms with Crippen molar-refractivity contribution < 1.29 is 0 Å². The third kappa shape index (κ3) is 3.32. The molecule has 0 saturated heterocycles. The Hall–Kier alpha value is -1.82. The molecule has 0 unspecified atom stereocenters. The van der Waals surface area contributed by atoms with Crippen LogP contribution in [0.1, 0.15) is 17.3 Å². The van der Waals surface area contributed by atoms with Crippen LogP contribution in [0, 0.1) is 6.92 Å². The number of aryl methyl sites for hydroxylation is 2. The maximum Gasteiger partial charge on any atom is 0.133 e. The molecule has 0 saturated carbocycles. The quantitative estimate of drug-likeness (QED) is 0.748. The van der Waals surface area contributed by atoms with E-state index in [2.05, 4.69) is 25.5 Å². The lowest BCUT2D eigenvalue weighted by atomic mass is 10.3. The second kappa shape index (κ2) is 5.49. The van der Waals surface area contributed by atoms with Crippen molar-refractivity contribution in [2.45, 2.75) is 19.9 Å². The Morgan fingerprint density at radius 1 is 1.41 bits per heavy atom. The van der Waals surface area contributed by atoms with Crippen molar-refractivity contribution in [2.24, 2.45) is 7.05 Å². The van der Waals surface area contributed by atoms with Crippen LogP contribution in [0.2, 0.25) is 0 Å². The second-order valence-electron chi connectivity index (χ2n) is 3.88. The fourth-order valence-corrected chi connectivity index (χ4v) is 1.55. The first-order valence-electron chi connectivity index (χ1n) is 5.58. The molecule has 90 valence electrons. The van der Waals surface area contributed by atoms with Gasteiger partial charge in [-0.05, 0) is 13.0 Å². The lowest BCUT2D eigenvalue weighted by Gasteiger charge is -2.04. The maximum atomic E-state index is 4.32. The summed E-state index contributed by atoms with van der Waals surface area (Å²) in [6.07, 6.45) is 4.35. The van der Waals surface area contributed by atoms with Crippen LogP contribution in [-0.2, 0) is 20.0 Å². The van der Waals surface area contributed by atoms with E-state index in [9.17, 15) is 0 Å². The number of aromatic nitrogens is 5. The van der Waals surface area contributed by atoms with E-state index in [0.29, 0.717) is 0 Å². The molecular formula is C11H16N6. The normalized spacial score (nSPS) is 10.7. The topological polar surface area (TPSA) is 68.5 Å². The number of nitrogens with one attached hydrogen (secondary N) is 1. The molecule has 0 amide bonds. The fourth-order valence-electron chi connectivity index (χ4n) is 1.55. The molecule has 6 heteroatoms. The number of rotatable bonds is 5. The van der Waals surface area contributed by atoms with Crippen LogP contribution in [0.25, 0.3) is 0 Å². The number of hydrogen-bond acceptors (Lipinski definition) is 5. The van der Waals surface area contributed by atoms with Gasteiger partial charge in [-0.15, -0.1) is 10.2 Å². The van der Waals surface area contributed by atoms with Gasteiger partial charge in [0.25, 0.3) is 0 Å². The lowest BCUT2D eigenvalue weighted by molar-refractivity contribution is 0.643. The summed E-state index contributed by atoms with van der Waals surface area (Å²) >= 11 is 0. The SMILES string of the molecule is Cc1nccc(CNCCc2nncn2C)n1. The third-order valence-electron chi connectivity index (χ3n) is 2.47. The standard InChI is InChI=1S/C11H16N6/c1-9-13-6-3-10(15-9)7-12-5-4-11-16-14-8-17(11)2/h3,6,8,12H,4-5,7H2,1-2H3. The smallest absolute Gasteiger partial charge is 0.133 e. The summed E-state index contributed by atoms with van der Waals surface area (Å²) in [7, 11) is 1.95. The van der Waals surface area contributed by atoms with E-state index in [1.54, 1.807) is 12.5 Å². The van der Waals surface area contributed by atoms with Crippen molar-refractivity contribution in [3.05, 3.63) is 35.9 Å². The molecule has 0 bridgehead atoms.